The number of pyridine rings is 1. The lowest BCUT2D eigenvalue weighted by atomic mass is 9.82. The summed E-state index contributed by atoms with van der Waals surface area (Å²) in [6.07, 6.45) is 9.57. The van der Waals surface area contributed by atoms with Gasteiger partial charge in [-0.1, -0.05) is 48.2 Å². The van der Waals surface area contributed by atoms with Gasteiger partial charge in [0.2, 0.25) is 5.91 Å². The highest BCUT2D eigenvalue weighted by Gasteiger charge is 2.25. The van der Waals surface area contributed by atoms with Crippen LogP contribution in [0.1, 0.15) is 60.5 Å². The number of carbonyl (C=O) groups excluding carboxylic acids is 1. The molecule has 0 saturated carbocycles. The van der Waals surface area contributed by atoms with Gasteiger partial charge in [-0.15, -0.1) is 0 Å². The molecule has 2 unspecified atom stereocenters. The van der Waals surface area contributed by atoms with Gasteiger partial charge in [0.25, 0.3) is 0 Å². The van der Waals surface area contributed by atoms with Crippen LogP contribution in [0.5, 0.6) is 0 Å². The monoisotopic (exact) mass is 429 g/mol. The highest BCUT2D eigenvalue weighted by molar-refractivity contribution is 5.80. The molecule has 0 N–H and O–H groups in total. The highest BCUT2D eigenvalue weighted by atomic mass is 16.3. The van der Waals surface area contributed by atoms with Gasteiger partial charge in [-0.2, -0.15) is 4.91 Å². The number of hydrogen-bond donors (Lipinski definition) is 0. The number of aromatic nitrogens is 1. The second-order valence-corrected chi connectivity index (χ2v) is 8.27. The van der Waals surface area contributed by atoms with E-state index in [4.69, 9.17) is 0 Å². The molecule has 32 heavy (non-hydrogen) atoms. The molecule has 1 amide bonds. The number of rotatable bonds is 9. The molecule has 1 aromatic carbocycles. The molecule has 1 aliphatic heterocycles. The fraction of sp³-hybridized carbons (Fsp3) is 0.333. The molecule has 5 nitrogen and oxygen atoms in total. The Morgan fingerprint density at radius 3 is 2.66 bits per heavy atom. The quantitative estimate of drug-likeness (QED) is 0.346. The number of likely N-dealkylation sites (tertiary alicyclic amines) is 1. The van der Waals surface area contributed by atoms with Crippen molar-refractivity contribution in [3.63, 3.8) is 0 Å². The van der Waals surface area contributed by atoms with Gasteiger partial charge in [-0.3, -0.25) is 9.78 Å². The van der Waals surface area contributed by atoms with Crippen LogP contribution in [0.15, 0.2) is 83.8 Å². The van der Waals surface area contributed by atoms with E-state index in [-0.39, 0.29) is 11.8 Å². The first-order valence-corrected chi connectivity index (χ1v) is 11.1. The third-order valence-corrected chi connectivity index (χ3v) is 6.05. The first-order valence-electron chi connectivity index (χ1n) is 11.1. The molecule has 1 aliphatic rings. The zero-order valence-corrected chi connectivity index (χ0v) is 19.1. The Kier molecular flexibility index (Phi) is 7.87. The minimum atomic E-state index is -0.507. The average Bonchev–Trinajstić information content (AvgIpc) is 3.21. The molecule has 0 radical (unpaired) electrons. The molecule has 166 valence electrons. The van der Waals surface area contributed by atoms with Crippen molar-refractivity contribution < 1.29 is 4.79 Å². The van der Waals surface area contributed by atoms with E-state index < -0.39 is 6.04 Å². The van der Waals surface area contributed by atoms with E-state index >= 15 is 0 Å². The van der Waals surface area contributed by atoms with Crippen LogP contribution >= 0.6 is 0 Å². The van der Waals surface area contributed by atoms with Crippen LogP contribution in [0.4, 0.5) is 0 Å². The van der Waals surface area contributed by atoms with Crippen LogP contribution in [0.2, 0.25) is 0 Å². The Hall–Kier alpha value is -3.34. The molecule has 1 fully saturated rings. The van der Waals surface area contributed by atoms with Crippen molar-refractivity contribution in [2.24, 2.45) is 5.18 Å². The molecular weight excluding hydrogens is 398 g/mol. The summed E-state index contributed by atoms with van der Waals surface area (Å²) in [7, 11) is 0. The van der Waals surface area contributed by atoms with E-state index in [1.165, 1.54) is 0 Å². The number of amides is 1. The van der Waals surface area contributed by atoms with Gasteiger partial charge in [0.1, 0.15) is 6.04 Å². The van der Waals surface area contributed by atoms with Crippen LogP contribution in [-0.4, -0.2) is 22.3 Å². The molecule has 0 aliphatic carbocycles. The van der Waals surface area contributed by atoms with Crippen LogP contribution in [-0.2, 0) is 4.79 Å². The summed E-state index contributed by atoms with van der Waals surface area (Å²) in [5.74, 6) is 0.0677. The van der Waals surface area contributed by atoms with Crippen molar-refractivity contribution >= 4 is 5.91 Å². The number of nitrogens with zero attached hydrogens (tertiary/aromatic N) is 3. The molecule has 5 heteroatoms. The molecule has 2 heterocycles. The Balaban J connectivity index is 1.90. The second-order valence-electron chi connectivity index (χ2n) is 8.27. The van der Waals surface area contributed by atoms with Crippen LogP contribution in [0.3, 0.4) is 0 Å². The summed E-state index contributed by atoms with van der Waals surface area (Å²) in [5, 5.41) is 3.45. The van der Waals surface area contributed by atoms with Gasteiger partial charge < -0.3 is 4.90 Å². The van der Waals surface area contributed by atoms with Crippen molar-refractivity contribution in [3.8, 4) is 0 Å². The third-order valence-electron chi connectivity index (χ3n) is 6.05. The van der Waals surface area contributed by atoms with Crippen molar-refractivity contribution in [1.29, 1.82) is 0 Å². The third kappa shape index (κ3) is 5.47. The van der Waals surface area contributed by atoms with Gasteiger partial charge in [0, 0.05) is 36.5 Å². The molecule has 2 atom stereocenters. The summed E-state index contributed by atoms with van der Waals surface area (Å²) in [6.45, 7) is 11.0. The summed E-state index contributed by atoms with van der Waals surface area (Å²) in [4.78, 5) is 30.1. The van der Waals surface area contributed by atoms with Crippen molar-refractivity contribution in [2.45, 2.75) is 52.0 Å². The Morgan fingerprint density at radius 1 is 1.25 bits per heavy atom. The molecule has 0 spiro atoms. The van der Waals surface area contributed by atoms with Gasteiger partial charge in [0.05, 0.1) is 0 Å². The minimum Gasteiger partial charge on any atom is -0.313 e. The standard InChI is InChI=1S/C27H31N3O2/c1-5-23(30-16-8-11-27(30)31)13-12-20(3)25(24-10-7-6-9-19(24)2)18-26(29-32)22-14-15-28-21(4)17-22/h5-7,9-10,12-15,17,25-26H,3,8,11,16,18H2,1-2,4H3/b13-12-,23-5?. The molecule has 3 rings (SSSR count). The molecular formula is C27H31N3O2. The van der Waals surface area contributed by atoms with E-state index in [2.05, 4.69) is 35.8 Å². The molecule has 0 bridgehead atoms. The van der Waals surface area contributed by atoms with Crippen LogP contribution in [0, 0.1) is 18.8 Å². The number of aryl methyl sites for hydroxylation is 2. The topological polar surface area (TPSA) is 62.6 Å². The van der Waals surface area contributed by atoms with E-state index in [9.17, 15) is 9.70 Å². The second kappa shape index (κ2) is 10.8. The number of benzene rings is 1. The zero-order valence-electron chi connectivity index (χ0n) is 19.1. The van der Waals surface area contributed by atoms with Crippen LogP contribution < -0.4 is 0 Å². The average molecular weight is 430 g/mol. The van der Waals surface area contributed by atoms with E-state index in [1.54, 1.807) is 6.20 Å². The number of nitroso groups, excluding NO2 is 1. The van der Waals surface area contributed by atoms with Gasteiger partial charge in [0.15, 0.2) is 0 Å². The molecule has 1 saturated heterocycles. The number of hydrogen-bond acceptors (Lipinski definition) is 4. The maximum atomic E-state index is 12.2. The maximum absolute atomic E-state index is 12.2. The SMILES string of the molecule is C=C(/C=C\C(=CC)N1CCCC1=O)C(CC(N=O)c1ccnc(C)c1)c1ccccc1C. The van der Waals surface area contributed by atoms with Crippen molar-refractivity contribution in [2.75, 3.05) is 6.54 Å². The summed E-state index contributed by atoms with van der Waals surface area (Å²) in [6, 6.07) is 11.4. The summed E-state index contributed by atoms with van der Waals surface area (Å²) >= 11 is 0. The van der Waals surface area contributed by atoms with E-state index in [0.29, 0.717) is 12.8 Å². The lowest BCUT2D eigenvalue weighted by Gasteiger charge is -2.23. The Bertz CT molecular complexity index is 1050. The number of allylic oxidation sites excluding steroid dienone is 4. The fourth-order valence-corrected chi connectivity index (χ4v) is 4.27. The summed E-state index contributed by atoms with van der Waals surface area (Å²) < 4.78 is 0. The Morgan fingerprint density at radius 2 is 2.03 bits per heavy atom. The first-order chi connectivity index (χ1) is 15.4. The lowest BCUT2D eigenvalue weighted by molar-refractivity contribution is -0.125. The number of carbonyl (C=O) groups is 1. The van der Waals surface area contributed by atoms with E-state index in [1.807, 2.05) is 61.2 Å². The minimum absolute atomic E-state index is 0.0870. The molecule has 2 aromatic rings. The van der Waals surface area contributed by atoms with Gasteiger partial charge >= 0.3 is 0 Å². The Labute approximate surface area is 190 Å². The van der Waals surface area contributed by atoms with Crippen molar-refractivity contribution in [3.05, 3.63) is 106 Å². The van der Waals surface area contributed by atoms with E-state index in [0.717, 1.165) is 46.6 Å². The van der Waals surface area contributed by atoms with Gasteiger partial charge in [-0.25, -0.2) is 0 Å². The maximum Gasteiger partial charge on any atom is 0.227 e. The fourth-order valence-electron chi connectivity index (χ4n) is 4.27. The molecule has 1 aromatic heterocycles. The predicted molar refractivity (Wildman–Crippen MR) is 129 cm³/mol. The first kappa shape index (κ1) is 23.3. The highest BCUT2D eigenvalue weighted by Crippen LogP contribution is 2.37. The van der Waals surface area contributed by atoms with Gasteiger partial charge in [-0.05, 0) is 74.1 Å². The summed E-state index contributed by atoms with van der Waals surface area (Å²) in [5.41, 5.74) is 5.75. The van der Waals surface area contributed by atoms with Crippen LogP contribution in [0.25, 0.3) is 0 Å². The smallest absolute Gasteiger partial charge is 0.227 e. The van der Waals surface area contributed by atoms with Crippen molar-refractivity contribution in [1.82, 2.24) is 9.88 Å². The normalized spacial score (nSPS) is 16.4. The zero-order chi connectivity index (χ0) is 23.1. The predicted octanol–water partition coefficient (Wildman–Crippen LogP) is 6.32. The largest absolute Gasteiger partial charge is 0.313 e. The lowest BCUT2D eigenvalue weighted by Crippen LogP contribution is -2.22.